The maximum Gasteiger partial charge on any atom is 0.253 e. The van der Waals surface area contributed by atoms with Crippen LogP contribution in [-0.4, -0.2) is 34.5 Å². The molecule has 1 aliphatic heterocycles. The first-order valence-corrected chi connectivity index (χ1v) is 7.17. The molecule has 3 aromatic rings. The molecule has 0 bridgehead atoms. The molecule has 23 heavy (non-hydrogen) atoms. The van der Waals surface area contributed by atoms with Crippen LogP contribution in [-0.2, 0) is 6.42 Å². The van der Waals surface area contributed by atoms with E-state index in [-0.39, 0.29) is 11.5 Å². The molecule has 0 radical (unpaired) electrons. The number of halogens is 1. The number of pyridine rings is 2. The molecule has 2 N–H and O–H groups in total. The van der Waals surface area contributed by atoms with Crippen molar-refractivity contribution in [2.24, 2.45) is 0 Å². The van der Waals surface area contributed by atoms with E-state index in [1.54, 1.807) is 18.2 Å². The summed E-state index contributed by atoms with van der Waals surface area (Å²) in [7, 11) is 1.50. The van der Waals surface area contributed by atoms with Crippen molar-refractivity contribution in [2.45, 2.75) is 6.42 Å². The van der Waals surface area contributed by atoms with E-state index in [9.17, 15) is 9.18 Å². The van der Waals surface area contributed by atoms with Crippen molar-refractivity contribution >= 4 is 16.9 Å². The van der Waals surface area contributed by atoms with Gasteiger partial charge in [-0.2, -0.15) is 0 Å². The third kappa shape index (κ3) is 2.12. The van der Waals surface area contributed by atoms with Crippen molar-refractivity contribution in [1.82, 2.24) is 20.3 Å². The Kier molecular flexibility index (Phi) is 3.00. The fourth-order valence-electron chi connectivity index (χ4n) is 2.82. The summed E-state index contributed by atoms with van der Waals surface area (Å²) < 4.78 is 19.6. The molecule has 1 aliphatic rings. The van der Waals surface area contributed by atoms with Crippen LogP contribution < -0.4 is 10.1 Å². The molecule has 0 aliphatic carbocycles. The van der Waals surface area contributed by atoms with Gasteiger partial charge in [-0.15, -0.1) is 0 Å². The Morgan fingerprint density at radius 3 is 3.00 bits per heavy atom. The highest BCUT2D eigenvalue weighted by molar-refractivity contribution is 5.99. The van der Waals surface area contributed by atoms with Gasteiger partial charge in [0.05, 0.1) is 35.6 Å². The van der Waals surface area contributed by atoms with E-state index in [0.717, 1.165) is 11.9 Å². The molecule has 0 spiro atoms. The van der Waals surface area contributed by atoms with Crippen LogP contribution in [0.2, 0.25) is 0 Å². The van der Waals surface area contributed by atoms with Gasteiger partial charge < -0.3 is 15.0 Å². The molecular weight excluding hydrogens is 299 g/mol. The number of aromatic nitrogens is 3. The molecule has 0 atom stereocenters. The first-order valence-electron chi connectivity index (χ1n) is 7.17. The molecule has 6 nitrogen and oxygen atoms in total. The Balaban J connectivity index is 1.98. The smallest absolute Gasteiger partial charge is 0.253 e. The molecule has 0 unspecified atom stereocenters. The van der Waals surface area contributed by atoms with Crippen LogP contribution in [0.1, 0.15) is 16.1 Å². The number of carbonyl (C=O) groups is 1. The fraction of sp³-hybridized carbons (Fsp3) is 0.188. The predicted molar refractivity (Wildman–Crippen MR) is 81.9 cm³/mol. The van der Waals surface area contributed by atoms with Crippen LogP contribution in [0.25, 0.3) is 22.3 Å². The van der Waals surface area contributed by atoms with Crippen LogP contribution in [0.5, 0.6) is 5.88 Å². The van der Waals surface area contributed by atoms with Gasteiger partial charge in [0, 0.05) is 24.7 Å². The lowest BCUT2D eigenvalue weighted by molar-refractivity contribution is 0.0946. The number of aromatic amines is 1. The van der Waals surface area contributed by atoms with Gasteiger partial charge in [-0.1, -0.05) is 0 Å². The quantitative estimate of drug-likeness (QED) is 0.759. The highest BCUT2D eigenvalue weighted by atomic mass is 19.1. The average Bonchev–Trinajstić information content (AvgIpc) is 2.99. The van der Waals surface area contributed by atoms with E-state index >= 15 is 0 Å². The van der Waals surface area contributed by atoms with Gasteiger partial charge in [0.15, 0.2) is 5.82 Å². The number of hydrogen-bond acceptors (Lipinski definition) is 4. The molecule has 0 fully saturated rings. The second-order valence-corrected chi connectivity index (χ2v) is 5.28. The summed E-state index contributed by atoms with van der Waals surface area (Å²) in [6.45, 7) is 0.567. The van der Waals surface area contributed by atoms with Crippen molar-refractivity contribution in [3.63, 3.8) is 0 Å². The van der Waals surface area contributed by atoms with E-state index in [1.165, 1.54) is 7.11 Å². The summed E-state index contributed by atoms with van der Waals surface area (Å²) in [4.78, 5) is 23.4. The third-order valence-electron chi connectivity index (χ3n) is 3.92. The molecule has 4 heterocycles. The van der Waals surface area contributed by atoms with Gasteiger partial charge in [-0.25, -0.2) is 9.37 Å². The molecule has 0 saturated carbocycles. The third-order valence-corrected chi connectivity index (χ3v) is 3.92. The second kappa shape index (κ2) is 5.05. The Morgan fingerprint density at radius 2 is 2.22 bits per heavy atom. The molecule has 4 rings (SSSR count). The summed E-state index contributed by atoms with van der Waals surface area (Å²) in [6.07, 6.45) is 1.84. The van der Waals surface area contributed by atoms with Gasteiger partial charge in [0.25, 0.3) is 5.91 Å². The second-order valence-electron chi connectivity index (χ2n) is 5.28. The monoisotopic (exact) mass is 312 g/mol. The molecule has 7 heteroatoms. The van der Waals surface area contributed by atoms with E-state index in [2.05, 4.69) is 20.3 Å². The summed E-state index contributed by atoms with van der Waals surface area (Å²) in [5.74, 6) is -0.282. The SMILES string of the molecule is COc1ccc2ncc(F)c(-c3cc4c([nH]3)CCNC4=O)c2n1. The summed E-state index contributed by atoms with van der Waals surface area (Å²) in [6, 6.07) is 5.05. The van der Waals surface area contributed by atoms with Crippen LogP contribution in [0.3, 0.4) is 0 Å². The zero-order chi connectivity index (χ0) is 16.0. The van der Waals surface area contributed by atoms with E-state index in [4.69, 9.17) is 4.74 Å². The van der Waals surface area contributed by atoms with Gasteiger partial charge in [0.1, 0.15) is 5.52 Å². The van der Waals surface area contributed by atoms with Crippen molar-refractivity contribution in [3.05, 3.63) is 41.5 Å². The zero-order valence-corrected chi connectivity index (χ0v) is 12.3. The Morgan fingerprint density at radius 1 is 1.35 bits per heavy atom. The number of fused-ring (bicyclic) bond motifs is 2. The minimum Gasteiger partial charge on any atom is -0.481 e. The van der Waals surface area contributed by atoms with Gasteiger partial charge >= 0.3 is 0 Å². The predicted octanol–water partition coefficient (Wildman–Crippen LogP) is 2.06. The summed E-state index contributed by atoms with van der Waals surface area (Å²) in [5, 5.41) is 2.77. The number of methoxy groups -OCH3 is 1. The summed E-state index contributed by atoms with van der Waals surface area (Å²) >= 11 is 0. The Labute approximate surface area is 130 Å². The lowest BCUT2D eigenvalue weighted by Crippen LogP contribution is -2.31. The normalized spacial score (nSPS) is 13.7. The molecule has 116 valence electrons. The number of hydrogen-bond donors (Lipinski definition) is 2. The number of H-pyrrole nitrogens is 1. The largest absolute Gasteiger partial charge is 0.481 e. The number of amides is 1. The molecule has 0 aromatic carbocycles. The van der Waals surface area contributed by atoms with Crippen molar-refractivity contribution in [1.29, 1.82) is 0 Å². The number of nitrogens with one attached hydrogen (secondary N) is 2. The van der Waals surface area contributed by atoms with Crippen LogP contribution in [0, 0.1) is 5.82 Å². The van der Waals surface area contributed by atoms with Gasteiger partial charge in [0.2, 0.25) is 5.88 Å². The van der Waals surface area contributed by atoms with Gasteiger partial charge in [-0.05, 0) is 12.1 Å². The lowest BCUT2D eigenvalue weighted by atomic mass is 10.1. The first-order chi connectivity index (χ1) is 11.2. The number of nitrogens with zero attached hydrogens (tertiary/aromatic N) is 2. The summed E-state index contributed by atoms with van der Waals surface area (Å²) in [5.41, 5.74) is 3.09. The zero-order valence-electron chi connectivity index (χ0n) is 12.3. The highest BCUT2D eigenvalue weighted by Gasteiger charge is 2.22. The van der Waals surface area contributed by atoms with Crippen LogP contribution in [0.15, 0.2) is 24.4 Å². The topological polar surface area (TPSA) is 79.9 Å². The highest BCUT2D eigenvalue weighted by Crippen LogP contribution is 2.31. The van der Waals surface area contributed by atoms with Crippen LogP contribution >= 0.6 is 0 Å². The van der Waals surface area contributed by atoms with Crippen molar-refractivity contribution < 1.29 is 13.9 Å². The molecule has 1 amide bonds. The number of rotatable bonds is 2. The minimum atomic E-state index is -0.503. The Bertz CT molecular complexity index is 935. The Hall–Kier alpha value is -2.96. The average molecular weight is 312 g/mol. The van der Waals surface area contributed by atoms with E-state index in [0.29, 0.717) is 41.1 Å². The van der Waals surface area contributed by atoms with E-state index < -0.39 is 5.82 Å². The van der Waals surface area contributed by atoms with E-state index in [1.807, 2.05) is 0 Å². The standard InChI is InChI=1S/C16H13FN4O2/c1-23-13-3-2-11-15(21-13)14(9(17)7-19-11)12-6-8-10(20-12)4-5-18-16(8)22/h2-3,6-7,20H,4-5H2,1H3,(H,18,22). The van der Waals surface area contributed by atoms with Crippen molar-refractivity contribution in [3.8, 4) is 17.1 Å². The molecule has 0 saturated heterocycles. The maximum absolute atomic E-state index is 14.4. The molecular formula is C16H13FN4O2. The lowest BCUT2D eigenvalue weighted by Gasteiger charge is -2.11. The van der Waals surface area contributed by atoms with Crippen molar-refractivity contribution in [2.75, 3.05) is 13.7 Å². The van der Waals surface area contributed by atoms with Crippen LogP contribution in [0.4, 0.5) is 4.39 Å². The fourth-order valence-corrected chi connectivity index (χ4v) is 2.82. The minimum absolute atomic E-state index is 0.155. The number of ether oxygens (including phenoxy) is 1. The first kappa shape index (κ1) is 13.7. The number of carbonyl (C=O) groups excluding carboxylic acids is 1. The maximum atomic E-state index is 14.4. The molecule has 3 aromatic heterocycles. The van der Waals surface area contributed by atoms with Gasteiger partial charge in [-0.3, -0.25) is 9.78 Å².